The Morgan fingerprint density at radius 1 is 1.75 bits per heavy atom. The Labute approximate surface area is 49.5 Å². The van der Waals surface area contributed by atoms with Crippen LogP contribution in [0, 0.1) is 0 Å². The van der Waals surface area contributed by atoms with Crippen molar-refractivity contribution in [2.45, 2.75) is 6.92 Å². The zero-order chi connectivity index (χ0) is 6.41. The largest absolute Gasteiger partial charge is 0.311 e. The lowest BCUT2D eigenvalue weighted by atomic mass is 10.6. The zero-order valence-corrected chi connectivity index (χ0v) is 5.27. The number of carbonyl (C=O) groups excluding carboxylic acids is 1. The fourth-order valence-corrected chi connectivity index (χ4v) is 0.383. The molecular formula is C5H11N2O. The van der Waals surface area contributed by atoms with E-state index >= 15 is 0 Å². The van der Waals surface area contributed by atoms with E-state index in [9.17, 15) is 4.79 Å². The molecule has 3 nitrogen and oxygen atoms in total. The van der Waals surface area contributed by atoms with Crippen LogP contribution >= 0.6 is 0 Å². The zero-order valence-electron chi connectivity index (χ0n) is 5.27. The predicted octanol–water partition coefficient (Wildman–Crippen LogP) is -0.643. The first-order valence-electron chi connectivity index (χ1n) is 2.66. The van der Waals surface area contributed by atoms with Gasteiger partial charge in [-0.1, -0.05) is 0 Å². The molecule has 1 amide bonds. The third-order valence-corrected chi connectivity index (χ3v) is 0.662. The standard InChI is InChI=1S/C5H11N2O/c1-3-7-5(8)4-6-2/h6H,3-4H2,1-2H3. The summed E-state index contributed by atoms with van der Waals surface area (Å²) in [6, 6.07) is 0. The Hall–Kier alpha value is -0.570. The molecule has 0 aromatic rings. The molecule has 0 fully saturated rings. The summed E-state index contributed by atoms with van der Waals surface area (Å²) in [5.74, 6) is -0.0741. The van der Waals surface area contributed by atoms with Gasteiger partial charge in [0.2, 0.25) is 0 Å². The topological polar surface area (TPSA) is 43.2 Å². The summed E-state index contributed by atoms with van der Waals surface area (Å²) in [5.41, 5.74) is 0. The lowest BCUT2D eigenvalue weighted by Crippen LogP contribution is -2.26. The molecule has 0 aromatic heterocycles. The first kappa shape index (κ1) is 7.43. The molecule has 0 aliphatic heterocycles. The summed E-state index contributed by atoms with van der Waals surface area (Å²) in [5, 5.41) is 6.32. The van der Waals surface area contributed by atoms with Crippen LogP contribution < -0.4 is 10.6 Å². The van der Waals surface area contributed by atoms with Gasteiger partial charge in [-0.3, -0.25) is 10.1 Å². The van der Waals surface area contributed by atoms with Crippen molar-refractivity contribution in [1.29, 1.82) is 0 Å². The number of likely N-dealkylation sites (N-methyl/N-ethyl adjacent to an activating group) is 2. The highest BCUT2D eigenvalue weighted by molar-refractivity contribution is 5.77. The molecule has 0 aliphatic rings. The van der Waals surface area contributed by atoms with Gasteiger partial charge < -0.3 is 5.32 Å². The first-order chi connectivity index (χ1) is 3.81. The third-order valence-electron chi connectivity index (χ3n) is 0.662. The van der Waals surface area contributed by atoms with Crippen LogP contribution in [-0.4, -0.2) is 26.0 Å². The molecule has 0 spiro atoms. The maximum absolute atomic E-state index is 10.4. The SMILES string of the molecule is CC[N]C(=O)CNC. The second-order valence-electron chi connectivity index (χ2n) is 1.40. The Balaban J connectivity index is 3.06. The van der Waals surface area contributed by atoms with Crippen molar-refractivity contribution < 1.29 is 4.79 Å². The van der Waals surface area contributed by atoms with Crippen molar-refractivity contribution in [3.8, 4) is 0 Å². The maximum atomic E-state index is 10.4. The molecule has 1 N–H and O–H groups in total. The molecule has 0 aliphatic carbocycles. The van der Waals surface area contributed by atoms with Crippen molar-refractivity contribution in [3.63, 3.8) is 0 Å². The van der Waals surface area contributed by atoms with E-state index in [1.807, 2.05) is 6.92 Å². The molecule has 0 atom stereocenters. The van der Waals surface area contributed by atoms with Gasteiger partial charge in [0.15, 0.2) is 0 Å². The van der Waals surface area contributed by atoms with Crippen LogP contribution in [0.25, 0.3) is 0 Å². The number of rotatable bonds is 3. The smallest absolute Gasteiger partial charge is 0.255 e. The quantitative estimate of drug-likeness (QED) is 0.531. The minimum Gasteiger partial charge on any atom is -0.311 e. The summed E-state index contributed by atoms with van der Waals surface area (Å²) < 4.78 is 0. The third kappa shape index (κ3) is 3.61. The molecule has 0 aromatic carbocycles. The number of amides is 1. The van der Waals surface area contributed by atoms with Crippen LogP contribution in [0.2, 0.25) is 0 Å². The van der Waals surface area contributed by atoms with Crippen LogP contribution in [0.4, 0.5) is 0 Å². The minimum absolute atomic E-state index is 0.0741. The fourth-order valence-electron chi connectivity index (χ4n) is 0.383. The lowest BCUT2D eigenvalue weighted by molar-refractivity contribution is -0.120. The summed E-state index contributed by atoms with van der Waals surface area (Å²) in [6.45, 7) is 2.78. The highest BCUT2D eigenvalue weighted by atomic mass is 16.1. The lowest BCUT2D eigenvalue weighted by Gasteiger charge is -1.94. The number of nitrogens with zero attached hydrogens (tertiary/aromatic N) is 1. The van der Waals surface area contributed by atoms with Gasteiger partial charge in [0, 0.05) is 6.54 Å². The molecule has 1 radical (unpaired) electrons. The molecule has 47 valence electrons. The summed E-state index contributed by atoms with van der Waals surface area (Å²) in [7, 11) is 1.73. The van der Waals surface area contributed by atoms with Crippen molar-refractivity contribution in [2.75, 3.05) is 20.1 Å². The van der Waals surface area contributed by atoms with Crippen LogP contribution in [-0.2, 0) is 4.79 Å². The van der Waals surface area contributed by atoms with E-state index in [0.717, 1.165) is 0 Å². The number of hydrogen-bond donors (Lipinski definition) is 1. The highest BCUT2D eigenvalue weighted by Crippen LogP contribution is 1.62. The van der Waals surface area contributed by atoms with Crippen LogP contribution in [0.15, 0.2) is 0 Å². The van der Waals surface area contributed by atoms with E-state index in [-0.39, 0.29) is 5.91 Å². The molecule has 0 rings (SSSR count). The van der Waals surface area contributed by atoms with Crippen LogP contribution in [0.5, 0.6) is 0 Å². The Bertz CT molecular complexity index is 64.8. The van der Waals surface area contributed by atoms with Crippen molar-refractivity contribution >= 4 is 5.91 Å². The fraction of sp³-hybridized carbons (Fsp3) is 0.800. The van der Waals surface area contributed by atoms with Gasteiger partial charge >= 0.3 is 0 Å². The average Bonchev–Trinajstić information content (AvgIpc) is 1.68. The second-order valence-corrected chi connectivity index (χ2v) is 1.40. The van der Waals surface area contributed by atoms with Gasteiger partial charge in [0.05, 0.1) is 6.54 Å². The van der Waals surface area contributed by atoms with Crippen molar-refractivity contribution in [3.05, 3.63) is 0 Å². The van der Waals surface area contributed by atoms with Crippen LogP contribution in [0.3, 0.4) is 0 Å². The molecule has 0 heterocycles. The monoisotopic (exact) mass is 115 g/mol. The molecule has 0 bridgehead atoms. The van der Waals surface area contributed by atoms with E-state index in [4.69, 9.17) is 0 Å². The normalized spacial score (nSPS) is 8.75. The number of nitrogens with one attached hydrogen (secondary N) is 1. The van der Waals surface area contributed by atoms with Gasteiger partial charge in [-0.15, -0.1) is 0 Å². The van der Waals surface area contributed by atoms with Gasteiger partial charge in [0.1, 0.15) is 0 Å². The van der Waals surface area contributed by atoms with Crippen molar-refractivity contribution in [2.24, 2.45) is 0 Å². The van der Waals surface area contributed by atoms with Crippen LogP contribution in [0.1, 0.15) is 6.92 Å². The maximum Gasteiger partial charge on any atom is 0.255 e. The average molecular weight is 115 g/mol. The molecule has 0 unspecified atom stereocenters. The van der Waals surface area contributed by atoms with E-state index in [2.05, 4.69) is 10.6 Å². The van der Waals surface area contributed by atoms with Gasteiger partial charge in [-0.05, 0) is 14.0 Å². The van der Waals surface area contributed by atoms with E-state index in [0.29, 0.717) is 13.1 Å². The number of carbonyl (C=O) groups is 1. The molecule has 3 heteroatoms. The molecular weight excluding hydrogens is 104 g/mol. The Kier molecular flexibility index (Phi) is 4.26. The summed E-state index contributed by atoms with van der Waals surface area (Å²) >= 11 is 0. The van der Waals surface area contributed by atoms with E-state index in [1.165, 1.54) is 0 Å². The van der Waals surface area contributed by atoms with Crippen molar-refractivity contribution in [1.82, 2.24) is 10.6 Å². The summed E-state index contributed by atoms with van der Waals surface area (Å²) in [6.07, 6.45) is 0. The number of hydrogen-bond acceptors (Lipinski definition) is 2. The van der Waals surface area contributed by atoms with Gasteiger partial charge in [0.25, 0.3) is 5.91 Å². The Morgan fingerprint density at radius 2 is 2.38 bits per heavy atom. The van der Waals surface area contributed by atoms with E-state index < -0.39 is 0 Å². The van der Waals surface area contributed by atoms with E-state index in [1.54, 1.807) is 7.05 Å². The Morgan fingerprint density at radius 3 is 2.75 bits per heavy atom. The first-order valence-corrected chi connectivity index (χ1v) is 2.66. The summed E-state index contributed by atoms with van der Waals surface area (Å²) in [4.78, 5) is 10.4. The molecule has 0 saturated carbocycles. The second kappa shape index (κ2) is 4.59. The van der Waals surface area contributed by atoms with Gasteiger partial charge in [-0.25, -0.2) is 0 Å². The highest BCUT2D eigenvalue weighted by Gasteiger charge is 1.94. The molecule has 0 saturated heterocycles. The predicted molar refractivity (Wildman–Crippen MR) is 31.6 cm³/mol. The van der Waals surface area contributed by atoms with Gasteiger partial charge in [-0.2, -0.15) is 0 Å². The molecule has 8 heavy (non-hydrogen) atoms. The minimum atomic E-state index is -0.0741.